The summed E-state index contributed by atoms with van der Waals surface area (Å²) in [5.41, 5.74) is 2.92. The summed E-state index contributed by atoms with van der Waals surface area (Å²) in [6, 6.07) is 9.20. The van der Waals surface area contributed by atoms with Crippen molar-refractivity contribution in [2.45, 2.75) is 25.4 Å². The van der Waals surface area contributed by atoms with Crippen LogP contribution < -0.4 is 15.2 Å². The van der Waals surface area contributed by atoms with Crippen LogP contribution in [0.4, 0.5) is 37.8 Å². The Morgan fingerprint density at radius 2 is 1.52 bits per heavy atom. The maximum Gasteiger partial charge on any atom is 0.417 e. The Labute approximate surface area is 252 Å². The van der Waals surface area contributed by atoms with Crippen LogP contribution in [-0.4, -0.2) is 36.9 Å². The molecule has 0 saturated carbocycles. The predicted molar refractivity (Wildman–Crippen MR) is 143 cm³/mol. The number of aromatic nitrogens is 3. The minimum absolute atomic E-state index is 0.00516. The molecule has 0 saturated heterocycles. The Kier molecular flexibility index (Phi) is 10.2. The Morgan fingerprint density at radius 3 is 1.95 bits per heavy atom. The van der Waals surface area contributed by atoms with E-state index in [4.69, 9.17) is 43.5 Å². The lowest BCUT2D eigenvalue weighted by Crippen LogP contribution is -2.22. The van der Waals surface area contributed by atoms with Crippen molar-refractivity contribution in [3.63, 3.8) is 0 Å². The van der Waals surface area contributed by atoms with Gasteiger partial charge in [0.05, 0.1) is 26.1 Å². The molecule has 1 unspecified atom stereocenters. The highest BCUT2D eigenvalue weighted by Gasteiger charge is 2.33. The summed E-state index contributed by atoms with van der Waals surface area (Å²) in [4.78, 5) is 24.1. The fourth-order valence-corrected chi connectivity index (χ4v) is 3.82. The zero-order valence-electron chi connectivity index (χ0n) is 21.7. The summed E-state index contributed by atoms with van der Waals surface area (Å²) >= 11 is 11.5. The van der Waals surface area contributed by atoms with Gasteiger partial charge >= 0.3 is 24.0 Å². The Hall–Kier alpha value is -4.77. The second kappa shape index (κ2) is 13.3. The summed E-state index contributed by atoms with van der Waals surface area (Å²) < 4.78 is 86.3. The lowest BCUT2D eigenvalue weighted by Gasteiger charge is -2.12. The minimum atomic E-state index is -4.63. The molecule has 4 rings (SSSR count). The normalized spacial score (nSPS) is 12.1. The van der Waals surface area contributed by atoms with Crippen LogP contribution in [0.2, 0.25) is 10.0 Å². The van der Waals surface area contributed by atoms with Gasteiger partial charge in [-0.25, -0.2) is 14.5 Å². The van der Waals surface area contributed by atoms with Crippen LogP contribution in [0.15, 0.2) is 60.9 Å². The molecule has 2 heterocycles. The summed E-state index contributed by atoms with van der Waals surface area (Å²) in [6.07, 6.45) is -8.56. The van der Waals surface area contributed by atoms with Gasteiger partial charge < -0.3 is 20.3 Å². The third-order valence-corrected chi connectivity index (χ3v) is 5.89. The number of ether oxygens (including phenoxy) is 2. The van der Waals surface area contributed by atoms with E-state index in [9.17, 15) is 41.3 Å². The average Bonchev–Trinajstić information content (AvgIpc) is 3.30. The average molecular weight is 668 g/mol. The van der Waals surface area contributed by atoms with Crippen molar-refractivity contribution in [1.29, 1.82) is 0 Å². The van der Waals surface area contributed by atoms with Gasteiger partial charge in [-0.15, -0.1) is 0 Å². The number of anilines is 1. The maximum absolute atomic E-state index is 12.6. The molecular formula is C25H17Cl2F6N5O6. The molecule has 234 valence electrons. The number of carbonyl (C=O) groups is 1. The van der Waals surface area contributed by atoms with E-state index in [1.807, 2.05) is 0 Å². The number of hydrogen-bond acceptors (Lipinski definition) is 8. The monoisotopic (exact) mass is 667 g/mol. The lowest BCUT2D eigenvalue weighted by molar-refractivity contribution is -0.383. The number of nitrogens with two attached hydrogens (primary N) is 1. The van der Waals surface area contributed by atoms with Gasteiger partial charge in [-0.1, -0.05) is 23.2 Å². The van der Waals surface area contributed by atoms with Crippen LogP contribution in [0.1, 0.15) is 18.1 Å². The molecule has 3 N–H and O–H groups in total. The van der Waals surface area contributed by atoms with Crippen molar-refractivity contribution < 1.29 is 50.6 Å². The maximum atomic E-state index is 12.6. The third kappa shape index (κ3) is 8.41. The first kappa shape index (κ1) is 33.7. The van der Waals surface area contributed by atoms with E-state index in [1.54, 1.807) is 0 Å². The fraction of sp³-hybridized carbons (Fsp3) is 0.160. The van der Waals surface area contributed by atoms with Crippen molar-refractivity contribution in [2.24, 2.45) is 0 Å². The standard InChI is InChI=1S/C15H12F3NO4.C10H5Cl2F3N4O2/c1-9(14(20)21)22-11-3-5-12(6-4-11)23-13-7-2-10(8-19-13)15(16,17)18;11-5-1-4(10(13,14)15)2-6(12)8(5)18-9(16)7(3-17-18)19(20)21/h2-9H,1H3,(H,20,21);1-3H,16H2. The first-order chi connectivity index (χ1) is 20.4. The number of carboxylic acids is 1. The van der Waals surface area contributed by atoms with E-state index in [0.717, 1.165) is 23.0 Å². The van der Waals surface area contributed by atoms with Gasteiger partial charge in [-0.3, -0.25) is 10.1 Å². The highest BCUT2D eigenvalue weighted by atomic mass is 35.5. The second-order valence-corrected chi connectivity index (χ2v) is 9.24. The number of halogens is 8. The first-order valence-electron chi connectivity index (χ1n) is 11.6. The van der Waals surface area contributed by atoms with E-state index < -0.39 is 52.0 Å². The molecule has 0 aliphatic rings. The number of pyridine rings is 1. The molecule has 0 bridgehead atoms. The molecule has 0 aliphatic carbocycles. The van der Waals surface area contributed by atoms with Gasteiger partial charge in [0.1, 0.15) is 23.4 Å². The summed E-state index contributed by atoms with van der Waals surface area (Å²) in [6.45, 7) is 1.39. The molecule has 0 spiro atoms. The quantitative estimate of drug-likeness (QED) is 0.116. The van der Waals surface area contributed by atoms with Crippen molar-refractivity contribution in [3.8, 4) is 23.1 Å². The number of alkyl halides is 6. The predicted octanol–water partition coefficient (Wildman–Crippen LogP) is 7.43. The summed E-state index contributed by atoms with van der Waals surface area (Å²) in [5.74, 6) is -0.839. The number of nitrogen functional groups attached to an aromatic ring is 1. The SMILES string of the molecule is CC(Oc1ccc(Oc2ccc(C(F)(F)F)cn2)cc1)C(=O)O.Nc1c([N+](=O)[O-])cnn1-c1c(Cl)cc(C(F)(F)F)cc1Cl. The molecule has 11 nitrogen and oxygen atoms in total. The molecule has 0 fully saturated rings. The number of carboxylic acid groups (broad SMARTS) is 1. The van der Waals surface area contributed by atoms with Gasteiger partial charge in [0.15, 0.2) is 6.10 Å². The van der Waals surface area contributed by atoms with Gasteiger partial charge in [0.2, 0.25) is 11.7 Å². The molecule has 2 aromatic heterocycles. The van der Waals surface area contributed by atoms with E-state index in [-0.39, 0.29) is 21.6 Å². The highest BCUT2D eigenvalue weighted by molar-refractivity contribution is 6.38. The molecule has 0 radical (unpaired) electrons. The summed E-state index contributed by atoms with van der Waals surface area (Å²) in [5, 5.41) is 22.3. The van der Waals surface area contributed by atoms with E-state index in [0.29, 0.717) is 29.8 Å². The third-order valence-electron chi connectivity index (χ3n) is 5.31. The lowest BCUT2D eigenvalue weighted by atomic mass is 10.2. The molecule has 1 atom stereocenters. The molecule has 2 aromatic carbocycles. The van der Waals surface area contributed by atoms with E-state index >= 15 is 0 Å². The van der Waals surface area contributed by atoms with Gasteiger partial charge in [-0.2, -0.15) is 31.4 Å². The zero-order valence-corrected chi connectivity index (χ0v) is 23.2. The van der Waals surface area contributed by atoms with Gasteiger partial charge in [0.25, 0.3) is 0 Å². The van der Waals surface area contributed by atoms with Crippen LogP contribution in [0.5, 0.6) is 17.4 Å². The van der Waals surface area contributed by atoms with Crippen LogP contribution in [0.25, 0.3) is 5.69 Å². The second-order valence-electron chi connectivity index (χ2n) is 8.42. The number of hydrogen-bond donors (Lipinski definition) is 2. The van der Waals surface area contributed by atoms with Crippen LogP contribution in [0, 0.1) is 10.1 Å². The molecule has 0 amide bonds. The van der Waals surface area contributed by atoms with Crippen LogP contribution >= 0.6 is 23.2 Å². The smallest absolute Gasteiger partial charge is 0.417 e. The molecule has 44 heavy (non-hydrogen) atoms. The summed E-state index contributed by atoms with van der Waals surface area (Å²) in [7, 11) is 0. The fourth-order valence-electron chi connectivity index (χ4n) is 3.17. The minimum Gasteiger partial charge on any atom is -0.479 e. The van der Waals surface area contributed by atoms with Crippen LogP contribution in [-0.2, 0) is 17.1 Å². The first-order valence-corrected chi connectivity index (χ1v) is 12.4. The number of nitrogens with zero attached hydrogens (tertiary/aromatic N) is 4. The molecule has 0 aliphatic heterocycles. The largest absolute Gasteiger partial charge is 0.479 e. The number of benzene rings is 2. The number of nitro groups is 1. The van der Waals surface area contributed by atoms with E-state index in [2.05, 4.69) is 10.1 Å². The Bertz CT molecular complexity index is 1620. The Morgan fingerprint density at radius 1 is 0.977 bits per heavy atom. The van der Waals surface area contributed by atoms with Crippen molar-refractivity contribution >= 4 is 40.7 Å². The van der Waals surface area contributed by atoms with Crippen molar-refractivity contribution in [3.05, 3.63) is 92.2 Å². The topological polar surface area (TPSA) is 156 Å². The molecule has 19 heteroatoms. The highest BCUT2D eigenvalue weighted by Crippen LogP contribution is 2.39. The van der Waals surface area contributed by atoms with Gasteiger partial charge in [-0.05, 0) is 49.4 Å². The zero-order chi connectivity index (χ0) is 33.0. The van der Waals surface area contributed by atoms with E-state index in [1.165, 1.54) is 31.2 Å². The van der Waals surface area contributed by atoms with Gasteiger partial charge in [0, 0.05) is 12.3 Å². The molecular weight excluding hydrogens is 651 g/mol. The Balaban J connectivity index is 0.000000241. The number of aliphatic carboxylic acids is 1. The van der Waals surface area contributed by atoms with Crippen molar-refractivity contribution in [2.75, 3.05) is 5.73 Å². The van der Waals surface area contributed by atoms with Crippen LogP contribution in [0.3, 0.4) is 0 Å². The van der Waals surface area contributed by atoms with Crippen molar-refractivity contribution in [1.82, 2.24) is 14.8 Å². The number of rotatable bonds is 7. The molecule has 4 aromatic rings.